The fourth-order valence-electron chi connectivity index (χ4n) is 1.05. The molecule has 0 spiro atoms. The number of aromatic nitrogens is 3. The number of nitrogens with two attached hydrogens (primary N) is 1. The van der Waals surface area contributed by atoms with Gasteiger partial charge in [-0.1, -0.05) is 6.92 Å². The zero-order valence-electron chi connectivity index (χ0n) is 7.94. The molecule has 0 atom stereocenters. The summed E-state index contributed by atoms with van der Waals surface area (Å²) in [6.45, 7) is 4.60. The molecule has 0 amide bonds. The van der Waals surface area contributed by atoms with Gasteiger partial charge in [-0.15, -0.1) is 0 Å². The van der Waals surface area contributed by atoms with E-state index in [0.717, 1.165) is 18.8 Å². The van der Waals surface area contributed by atoms with Crippen LogP contribution >= 0.6 is 0 Å². The first-order valence-electron chi connectivity index (χ1n) is 4.53. The van der Waals surface area contributed by atoms with Gasteiger partial charge in [-0.3, -0.25) is 0 Å². The maximum Gasteiger partial charge on any atom is 0.152 e. The number of hydrogen-bond donors (Lipinski definition) is 1. The summed E-state index contributed by atoms with van der Waals surface area (Å²) in [7, 11) is 0. The first kappa shape index (κ1) is 10.1. The minimum Gasteiger partial charge on any atom is -0.372 e. The molecule has 1 heterocycles. The van der Waals surface area contributed by atoms with Gasteiger partial charge >= 0.3 is 0 Å². The monoisotopic (exact) mass is 184 g/mol. The maximum absolute atomic E-state index is 5.30. The number of ether oxygens (including phenoxy) is 1. The Morgan fingerprint density at radius 1 is 1.62 bits per heavy atom. The predicted molar refractivity (Wildman–Crippen MR) is 49.0 cm³/mol. The van der Waals surface area contributed by atoms with Gasteiger partial charge in [0.25, 0.3) is 0 Å². The van der Waals surface area contributed by atoms with E-state index in [1.165, 1.54) is 0 Å². The number of nitrogens with zero attached hydrogens (tertiary/aromatic N) is 3. The number of aryl methyl sites for hydroxylation is 1. The molecular formula is C8H16N4O. The Balaban J connectivity index is 2.40. The maximum atomic E-state index is 5.30. The quantitative estimate of drug-likeness (QED) is 0.640. The SMILES string of the molecule is CCCn1ncnc1COCCN. The van der Waals surface area contributed by atoms with E-state index in [2.05, 4.69) is 17.0 Å². The first-order valence-corrected chi connectivity index (χ1v) is 4.53. The van der Waals surface area contributed by atoms with Crippen molar-refractivity contribution in [3.8, 4) is 0 Å². The Hall–Kier alpha value is -0.940. The van der Waals surface area contributed by atoms with Crippen LogP contribution in [0.15, 0.2) is 6.33 Å². The molecule has 0 aromatic carbocycles. The highest BCUT2D eigenvalue weighted by Crippen LogP contribution is 1.97. The second-order valence-corrected chi connectivity index (χ2v) is 2.74. The molecule has 74 valence electrons. The van der Waals surface area contributed by atoms with Crippen LogP contribution in [0.25, 0.3) is 0 Å². The van der Waals surface area contributed by atoms with Crippen LogP contribution in [0.1, 0.15) is 19.2 Å². The molecule has 1 rings (SSSR count). The third-order valence-corrected chi connectivity index (χ3v) is 1.62. The van der Waals surface area contributed by atoms with Crippen LogP contribution in [0.3, 0.4) is 0 Å². The zero-order chi connectivity index (χ0) is 9.52. The van der Waals surface area contributed by atoms with Crippen molar-refractivity contribution in [2.45, 2.75) is 26.5 Å². The molecule has 0 aliphatic carbocycles. The molecule has 0 unspecified atom stereocenters. The summed E-state index contributed by atoms with van der Waals surface area (Å²) in [5.74, 6) is 0.871. The summed E-state index contributed by atoms with van der Waals surface area (Å²) in [5, 5.41) is 4.08. The normalized spacial score (nSPS) is 10.6. The van der Waals surface area contributed by atoms with E-state index >= 15 is 0 Å². The lowest BCUT2D eigenvalue weighted by atomic mass is 10.5. The summed E-state index contributed by atoms with van der Waals surface area (Å²) in [6, 6.07) is 0. The van der Waals surface area contributed by atoms with Gasteiger partial charge in [0, 0.05) is 13.1 Å². The minimum atomic E-state index is 0.497. The average molecular weight is 184 g/mol. The van der Waals surface area contributed by atoms with Crippen molar-refractivity contribution in [1.82, 2.24) is 14.8 Å². The number of hydrogen-bond acceptors (Lipinski definition) is 4. The van der Waals surface area contributed by atoms with Gasteiger partial charge in [0.15, 0.2) is 5.82 Å². The molecular weight excluding hydrogens is 168 g/mol. The van der Waals surface area contributed by atoms with E-state index in [9.17, 15) is 0 Å². The van der Waals surface area contributed by atoms with Crippen molar-refractivity contribution < 1.29 is 4.74 Å². The van der Waals surface area contributed by atoms with Gasteiger partial charge in [-0.25, -0.2) is 9.67 Å². The first-order chi connectivity index (χ1) is 6.38. The molecule has 1 aromatic heterocycles. The van der Waals surface area contributed by atoms with E-state index in [0.29, 0.717) is 19.8 Å². The van der Waals surface area contributed by atoms with Gasteiger partial charge in [0.2, 0.25) is 0 Å². The lowest BCUT2D eigenvalue weighted by Crippen LogP contribution is -2.11. The standard InChI is InChI=1S/C8H16N4O/c1-2-4-12-8(10-7-11-12)6-13-5-3-9/h7H,2-6,9H2,1H3. The Bertz CT molecular complexity index is 236. The van der Waals surface area contributed by atoms with Crippen LogP contribution in [-0.2, 0) is 17.9 Å². The molecule has 0 aliphatic rings. The summed E-state index contributed by atoms with van der Waals surface area (Å²) in [5.41, 5.74) is 5.30. The molecule has 0 bridgehead atoms. The largest absolute Gasteiger partial charge is 0.372 e. The minimum absolute atomic E-state index is 0.497. The summed E-state index contributed by atoms with van der Waals surface area (Å²) in [4.78, 5) is 4.09. The molecule has 2 N–H and O–H groups in total. The Labute approximate surface area is 77.9 Å². The van der Waals surface area contributed by atoms with Crippen LogP contribution in [0, 0.1) is 0 Å². The van der Waals surface area contributed by atoms with Gasteiger partial charge in [-0.05, 0) is 6.42 Å². The van der Waals surface area contributed by atoms with E-state index in [1.807, 2.05) is 4.68 Å². The van der Waals surface area contributed by atoms with Crippen molar-refractivity contribution in [3.05, 3.63) is 12.2 Å². The summed E-state index contributed by atoms with van der Waals surface area (Å²) in [6.07, 6.45) is 2.60. The van der Waals surface area contributed by atoms with E-state index in [-0.39, 0.29) is 0 Å². The second kappa shape index (κ2) is 5.66. The molecule has 0 radical (unpaired) electrons. The Kier molecular flexibility index (Phi) is 4.42. The molecule has 13 heavy (non-hydrogen) atoms. The highest BCUT2D eigenvalue weighted by atomic mass is 16.5. The van der Waals surface area contributed by atoms with Crippen LogP contribution in [0.5, 0.6) is 0 Å². The van der Waals surface area contributed by atoms with Crippen molar-refractivity contribution in [3.63, 3.8) is 0 Å². The van der Waals surface area contributed by atoms with Gasteiger partial charge in [0.1, 0.15) is 12.9 Å². The molecule has 0 aliphatic heterocycles. The predicted octanol–water partition coefficient (Wildman–Crippen LogP) is 0.163. The topological polar surface area (TPSA) is 66.0 Å². The molecule has 5 nitrogen and oxygen atoms in total. The second-order valence-electron chi connectivity index (χ2n) is 2.74. The van der Waals surface area contributed by atoms with E-state index < -0.39 is 0 Å². The van der Waals surface area contributed by atoms with Crippen molar-refractivity contribution in [1.29, 1.82) is 0 Å². The lowest BCUT2D eigenvalue weighted by molar-refractivity contribution is 0.119. The third-order valence-electron chi connectivity index (χ3n) is 1.62. The summed E-state index contributed by atoms with van der Waals surface area (Å²) >= 11 is 0. The van der Waals surface area contributed by atoms with Crippen LogP contribution in [0.2, 0.25) is 0 Å². The van der Waals surface area contributed by atoms with Gasteiger partial charge < -0.3 is 10.5 Å². The van der Waals surface area contributed by atoms with Crippen molar-refractivity contribution in [2.24, 2.45) is 5.73 Å². The molecule has 1 aromatic rings. The smallest absolute Gasteiger partial charge is 0.152 e. The third kappa shape index (κ3) is 3.12. The molecule has 5 heteroatoms. The molecule has 0 saturated heterocycles. The fraction of sp³-hybridized carbons (Fsp3) is 0.750. The molecule has 0 fully saturated rings. The zero-order valence-corrected chi connectivity index (χ0v) is 7.94. The van der Waals surface area contributed by atoms with Gasteiger partial charge in [-0.2, -0.15) is 5.10 Å². The average Bonchev–Trinajstić information content (AvgIpc) is 2.54. The van der Waals surface area contributed by atoms with Crippen molar-refractivity contribution in [2.75, 3.05) is 13.2 Å². The van der Waals surface area contributed by atoms with Crippen LogP contribution in [-0.4, -0.2) is 27.9 Å². The highest BCUT2D eigenvalue weighted by Gasteiger charge is 2.02. The summed E-state index contributed by atoms with van der Waals surface area (Å²) < 4.78 is 7.12. The van der Waals surface area contributed by atoms with E-state index in [4.69, 9.17) is 10.5 Å². The van der Waals surface area contributed by atoms with Gasteiger partial charge in [0.05, 0.1) is 6.61 Å². The molecule has 0 saturated carbocycles. The van der Waals surface area contributed by atoms with Crippen molar-refractivity contribution >= 4 is 0 Å². The Morgan fingerprint density at radius 3 is 3.15 bits per heavy atom. The van der Waals surface area contributed by atoms with E-state index in [1.54, 1.807) is 6.33 Å². The lowest BCUT2D eigenvalue weighted by Gasteiger charge is -2.04. The highest BCUT2D eigenvalue weighted by molar-refractivity contribution is 4.81. The number of rotatable bonds is 6. The fourth-order valence-corrected chi connectivity index (χ4v) is 1.05. The Morgan fingerprint density at radius 2 is 2.46 bits per heavy atom. The van der Waals surface area contributed by atoms with Crippen LogP contribution < -0.4 is 5.73 Å². The van der Waals surface area contributed by atoms with Crippen LogP contribution in [0.4, 0.5) is 0 Å².